The Balaban J connectivity index is 1.83. The van der Waals surface area contributed by atoms with Crippen LogP contribution in [-0.2, 0) is 12.6 Å². The van der Waals surface area contributed by atoms with Crippen LogP contribution in [0.4, 0.5) is 23.2 Å². The molecule has 3 rings (SSSR count). The van der Waals surface area contributed by atoms with Gasteiger partial charge in [-0.05, 0) is 41.8 Å². The van der Waals surface area contributed by atoms with Crippen molar-refractivity contribution in [2.75, 3.05) is 5.32 Å². The van der Waals surface area contributed by atoms with Gasteiger partial charge in [0.2, 0.25) is 0 Å². The molecule has 1 unspecified atom stereocenters. The number of rotatable bonds is 1. The van der Waals surface area contributed by atoms with Crippen molar-refractivity contribution >= 4 is 5.69 Å². The fraction of sp³-hybridized carbons (Fsp3) is 0.200. The van der Waals surface area contributed by atoms with Crippen molar-refractivity contribution in [1.29, 1.82) is 0 Å². The smallest absolute Gasteiger partial charge is 0.378 e. The summed E-state index contributed by atoms with van der Waals surface area (Å²) in [5.74, 6) is -0.329. The maximum atomic E-state index is 13.1. The third-order valence-electron chi connectivity index (χ3n) is 3.47. The maximum Gasteiger partial charge on any atom is 0.416 e. The highest BCUT2D eigenvalue weighted by atomic mass is 19.4. The second-order valence-electron chi connectivity index (χ2n) is 4.82. The highest BCUT2D eigenvalue weighted by Crippen LogP contribution is 2.36. The van der Waals surface area contributed by atoms with Gasteiger partial charge in [-0.3, -0.25) is 0 Å². The Morgan fingerprint density at radius 2 is 1.70 bits per heavy atom. The minimum absolute atomic E-state index is 0.117. The summed E-state index contributed by atoms with van der Waals surface area (Å²) in [6, 6.07) is 9.43. The fourth-order valence-electron chi connectivity index (χ4n) is 2.43. The van der Waals surface area contributed by atoms with E-state index in [2.05, 4.69) is 5.32 Å². The van der Waals surface area contributed by atoms with Crippen LogP contribution in [0.1, 0.15) is 22.7 Å². The van der Waals surface area contributed by atoms with Gasteiger partial charge in [0.1, 0.15) is 5.82 Å². The van der Waals surface area contributed by atoms with Crippen molar-refractivity contribution in [3.63, 3.8) is 0 Å². The van der Waals surface area contributed by atoms with Gasteiger partial charge in [-0.1, -0.05) is 18.2 Å². The molecule has 104 valence electrons. The van der Waals surface area contributed by atoms with Crippen molar-refractivity contribution in [2.45, 2.75) is 18.6 Å². The van der Waals surface area contributed by atoms with Gasteiger partial charge in [0.25, 0.3) is 0 Å². The Kier molecular flexibility index (Phi) is 2.92. The van der Waals surface area contributed by atoms with Crippen LogP contribution in [0.15, 0.2) is 42.5 Å². The predicted molar refractivity (Wildman–Crippen MR) is 67.9 cm³/mol. The van der Waals surface area contributed by atoms with Crippen LogP contribution in [0, 0.1) is 5.82 Å². The Bertz CT molecular complexity index is 631. The first-order chi connectivity index (χ1) is 9.43. The third kappa shape index (κ3) is 2.35. The molecule has 0 amide bonds. The summed E-state index contributed by atoms with van der Waals surface area (Å²) in [5.41, 5.74) is 1.77. The number of hydrogen-bond acceptors (Lipinski definition) is 1. The van der Waals surface area contributed by atoms with E-state index in [0.717, 1.165) is 23.3 Å². The molecule has 1 heterocycles. The summed E-state index contributed by atoms with van der Waals surface area (Å²) in [7, 11) is 0. The van der Waals surface area contributed by atoms with E-state index in [1.165, 1.54) is 24.3 Å². The van der Waals surface area contributed by atoms with Crippen LogP contribution < -0.4 is 5.32 Å². The molecule has 0 fully saturated rings. The zero-order chi connectivity index (χ0) is 14.3. The van der Waals surface area contributed by atoms with Gasteiger partial charge in [0.05, 0.1) is 11.6 Å². The normalized spacial score (nSPS) is 17.7. The minimum atomic E-state index is -4.33. The summed E-state index contributed by atoms with van der Waals surface area (Å²) in [4.78, 5) is 0. The molecule has 2 aromatic rings. The fourth-order valence-corrected chi connectivity index (χ4v) is 2.43. The quantitative estimate of drug-likeness (QED) is 0.756. The van der Waals surface area contributed by atoms with Crippen LogP contribution in [0.3, 0.4) is 0 Å². The molecule has 1 nitrogen and oxygen atoms in total. The second-order valence-corrected chi connectivity index (χ2v) is 4.82. The van der Waals surface area contributed by atoms with Crippen molar-refractivity contribution in [1.82, 2.24) is 0 Å². The first kappa shape index (κ1) is 13.0. The molecular weight excluding hydrogens is 270 g/mol. The Labute approximate surface area is 113 Å². The van der Waals surface area contributed by atoms with Gasteiger partial charge in [0.15, 0.2) is 0 Å². The summed E-state index contributed by atoms with van der Waals surface area (Å²) in [6.07, 6.45) is -3.69. The molecular formula is C15H11F4N. The van der Waals surface area contributed by atoms with E-state index in [4.69, 9.17) is 0 Å². The number of hydrogen-bond donors (Lipinski definition) is 1. The molecule has 1 atom stereocenters. The molecule has 1 aliphatic rings. The summed E-state index contributed by atoms with van der Waals surface area (Å²) in [6.45, 7) is 0. The van der Waals surface area contributed by atoms with Crippen LogP contribution in [-0.4, -0.2) is 0 Å². The average Bonchev–Trinajstić information content (AvgIpc) is 2.80. The lowest BCUT2D eigenvalue weighted by molar-refractivity contribution is -0.137. The highest BCUT2D eigenvalue weighted by Gasteiger charge is 2.30. The molecule has 0 saturated carbocycles. The standard InChI is InChI=1S/C15H11F4N/c16-12-6-3-10-7-13(20-14(10)8-12)9-1-4-11(5-2-9)15(17,18)19/h1-6,8,13,20H,7H2. The molecule has 0 saturated heterocycles. The molecule has 0 aromatic heterocycles. The van der Waals surface area contributed by atoms with E-state index in [0.29, 0.717) is 12.1 Å². The van der Waals surface area contributed by atoms with Gasteiger partial charge in [-0.15, -0.1) is 0 Å². The topological polar surface area (TPSA) is 12.0 Å². The average molecular weight is 281 g/mol. The maximum absolute atomic E-state index is 13.1. The summed E-state index contributed by atoms with van der Waals surface area (Å²) >= 11 is 0. The summed E-state index contributed by atoms with van der Waals surface area (Å²) in [5, 5.41) is 3.13. The van der Waals surface area contributed by atoms with Crippen LogP contribution in [0.2, 0.25) is 0 Å². The van der Waals surface area contributed by atoms with Gasteiger partial charge in [-0.2, -0.15) is 13.2 Å². The number of anilines is 1. The monoisotopic (exact) mass is 281 g/mol. The summed E-state index contributed by atoms with van der Waals surface area (Å²) < 4.78 is 50.6. The molecule has 5 heteroatoms. The third-order valence-corrected chi connectivity index (χ3v) is 3.47. The Morgan fingerprint density at radius 1 is 1.00 bits per heavy atom. The van der Waals surface area contributed by atoms with E-state index < -0.39 is 11.7 Å². The van der Waals surface area contributed by atoms with Gasteiger partial charge >= 0.3 is 6.18 Å². The predicted octanol–water partition coefficient (Wildman–Crippen LogP) is 4.55. The zero-order valence-corrected chi connectivity index (χ0v) is 10.3. The van der Waals surface area contributed by atoms with E-state index in [9.17, 15) is 17.6 Å². The first-order valence-electron chi connectivity index (χ1n) is 6.15. The number of alkyl halides is 3. The lowest BCUT2D eigenvalue weighted by Gasteiger charge is -2.13. The van der Waals surface area contributed by atoms with Crippen molar-refractivity contribution in [3.05, 3.63) is 65.0 Å². The van der Waals surface area contributed by atoms with Gasteiger partial charge in [0, 0.05) is 5.69 Å². The van der Waals surface area contributed by atoms with E-state index in [-0.39, 0.29) is 11.9 Å². The van der Waals surface area contributed by atoms with Gasteiger partial charge < -0.3 is 5.32 Å². The molecule has 0 aliphatic carbocycles. The number of benzene rings is 2. The molecule has 0 spiro atoms. The van der Waals surface area contributed by atoms with Crippen LogP contribution in [0.5, 0.6) is 0 Å². The Hall–Kier alpha value is -2.04. The van der Waals surface area contributed by atoms with Crippen molar-refractivity contribution in [2.24, 2.45) is 0 Å². The SMILES string of the molecule is Fc1ccc2c(c1)NC(c1ccc(C(F)(F)F)cc1)C2. The minimum Gasteiger partial charge on any atom is -0.378 e. The number of nitrogens with one attached hydrogen (secondary N) is 1. The van der Waals surface area contributed by atoms with E-state index in [1.807, 2.05) is 0 Å². The molecule has 1 N–H and O–H groups in total. The number of halogens is 4. The van der Waals surface area contributed by atoms with E-state index in [1.54, 1.807) is 6.07 Å². The zero-order valence-electron chi connectivity index (χ0n) is 10.3. The molecule has 20 heavy (non-hydrogen) atoms. The Morgan fingerprint density at radius 3 is 2.35 bits per heavy atom. The molecule has 1 aliphatic heterocycles. The molecule has 0 radical (unpaired) electrons. The molecule has 0 bridgehead atoms. The largest absolute Gasteiger partial charge is 0.416 e. The van der Waals surface area contributed by atoms with Crippen LogP contribution in [0.25, 0.3) is 0 Å². The van der Waals surface area contributed by atoms with Crippen molar-refractivity contribution < 1.29 is 17.6 Å². The number of fused-ring (bicyclic) bond motifs is 1. The highest BCUT2D eigenvalue weighted by molar-refractivity contribution is 5.58. The first-order valence-corrected chi connectivity index (χ1v) is 6.15. The van der Waals surface area contributed by atoms with Crippen LogP contribution >= 0.6 is 0 Å². The second kappa shape index (κ2) is 4.51. The molecule has 2 aromatic carbocycles. The van der Waals surface area contributed by atoms with E-state index >= 15 is 0 Å². The lowest BCUT2D eigenvalue weighted by Crippen LogP contribution is -2.08. The van der Waals surface area contributed by atoms with Crippen molar-refractivity contribution in [3.8, 4) is 0 Å². The van der Waals surface area contributed by atoms with Gasteiger partial charge in [-0.25, -0.2) is 4.39 Å². The lowest BCUT2D eigenvalue weighted by atomic mass is 10.0.